The molecule has 0 aromatic heterocycles. The van der Waals surface area contributed by atoms with Crippen molar-refractivity contribution >= 4 is 6.09 Å². The Kier molecular flexibility index (Phi) is 4.29. The molecule has 1 heterocycles. The zero-order chi connectivity index (χ0) is 18.2. The molecule has 1 aliphatic heterocycles. The summed E-state index contributed by atoms with van der Waals surface area (Å²) in [6.07, 6.45) is -1.38. The van der Waals surface area contributed by atoms with Crippen molar-refractivity contribution in [1.29, 1.82) is 0 Å². The first-order valence-corrected chi connectivity index (χ1v) is 7.89. The molecule has 132 valence electrons. The van der Waals surface area contributed by atoms with Crippen molar-refractivity contribution in [1.82, 2.24) is 0 Å². The minimum Gasteiger partial charge on any atom is -0.496 e. The molecule has 0 saturated heterocycles. The lowest BCUT2D eigenvalue weighted by Gasteiger charge is -2.38. The molecule has 1 atom stereocenters. The number of carbonyl (C=O) groups is 1. The van der Waals surface area contributed by atoms with Crippen LogP contribution < -0.4 is 15.2 Å². The Morgan fingerprint density at radius 2 is 2.08 bits per heavy atom. The van der Waals surface area contributed by atoms with E-state index in [1.807, 2.05) is 13.8 Å². The van der Waals surface area contributed by atoms with Gasteiger partial charge in [0.2, 0.25) is 0 Å². The number of halogens is 1. The topological polar surface area (TPSA) is 70.8 Å². The summed E-state index contributed by atoms with van der Waals surface area (Å²) in [5.74, 6) is 0.579. The molecule has 6 heteroatoms. The van der Waals surface area contributed by atoms with Gasteiger partial charge in [-0.3, -0.25) is 0 Å². The molecule has 3 rings (SSSR count). The highest BCUT2D eigenvalue weighted by molar-refractivity contribution is 5.73. The molecule has 1 amide bonds. The molecule has 0 aliphatic carbocycles. The Morgan fingerprint density at radius 3 is 2.76 bits per heavy atom. The van der Waals surface area contributed by atoms with Crippen LogP contribution in [-0.2, 0) is 4.74 Å². The van der Waals surface area contributed by atoms with Crippen molar-refractivity contribution < 1.29 is 23.4 Å². The van der Waals surface area contributed by atoms with E-state index in [1.165, 1.54) is 13.2 Å². The third-order valence-electron chi connectivity index (χ3n) is 4.32. The highest BCUT2D eigenvalue weighted by Gasteiger charge is 2.40. The molecule has 2 N–H and O–H groups in total. The van der Waals surface area contributed by atoms with Crippen LogP contribution in [0.5, 0.6) is 11.5 Å². The van der Waals surface area contributed by atoms with Gasteiger partial charge in [-0.05, 0) is 23.8 Å². The van der Waals surface area contributed by atoms with Gasteiger partial charge in [-0.1, -0.05) is 32.0 Å². The second kappa shape index (κ2) is 6.27. The van der Waals surface area contributed by atoms with E-state index in [4.69, 9.17) is 19.9 Å². The molecule has 5 nitrogen and oxygen atoms in total. The van der Waals surface area contributed by atoms with Crippen LogP contribution in [0.25, 0.3) is 11.1 Å². The molecule has 0 bridgehead atoms. The summed E-state index contributed by atoms with van der Waals surface area (Å²) in [5.41, 5.74) is 6.46. The van der Waals surface area contributed by atoms with Crippen LogP contribution in [0.4, 0.5) is 9.18 Å². The van der Waals surface area contributed by atoms with Crippen LogP contribution >= 0.6 is 0 Å². The van der Waals surface area contributed by atoms with Crippen molar-refractivity contribution in [2.45, 2.75) is 20.0 Å². The average molecular weight is 345 g/mol. The number of amides is 1. The zero-order valence-electron chi connectivity index (χ0n) is 14.3. The van der Waals surface area contributed by atoms with Gasteiger partial charge in [-0.2, -0.15) is 0 Å². The number of rotatable bonds is 3. The summed E-state index contributed by atoms with van der Waals surface area (Å²) in [5, 5.41) is 0. The number of methoxy groups -OCH3 is 1. The fourth-order valence-electron chi connectivity index (χ4n) is 3.09. The predicted octanol–water partition coefficient (Wildman–Crippen LogP) is 4.06. The monoisotopic (exact) mass is 345 g/mol. The maximum absolute atomic E-state index is 14.3. The number of ether oxygens (including phenoxy) is 3. The smallest absolute Gasteiger partial charge is 0.405 e. The van der Waals surface area contributed by atoms with Crippen molar-refractivity contribution in [2.75, 3.05) is 13.7 Å². The van der Waals surface area contributed by atoms with E-state index in [-0.39, 0.29) is 5.82 Å². The summed E-state index contributed by atoms with van der Waals surface area (Å²) in [6, 6.07) is 9.91. The van der Waals surface area contributed by atoms with Crippen LogP contribution in [0.2, 0.25) is 0 Å². The number of benzene rings is 2. The normalized spacial score (nSPS) is 18.0. The van der Waals surface area contributed by atoms with Crippen molar-refractivity contribution in [3.05, 3.63) is 47.8 Å². The van der Waals surface area contributed by atoms with Crippen LogP contribution in [-0.4, -0.2) is 19.8 Å². The number of fused-ring (bicyclic) bond motifs is 1. The van der Waals surface area contributed by atoms with Crippen molar-refractivity contribution in [3.8, 4) is 22.6 Å². The molecule has 1 unspecified atom stereocenters. The first-order valence-electron chi connectivity index (χ1n) is 7.89. The van der Waals surface area contributed by atoms with Crippen molar-refractivity contribution in [3.63, 3.8) is 0 Å². The van der Waals surface area contributed by atoms with Crippen LogP contribution in [0.15, 0.2) is 36.4 Å². The van der Waals surface area contributed by atoms with E-state index < -0.39 is 17.6 Å². The number of primary amides is 1. The Hall–Kier alpha value is -2.76. The minimum absolute atomic E-state index is 0.343. The third kappa shape index (κ3) is 3.12. The molecule has 0 radical (unpaired) electrons. The largest absolute Gasteiger partial charge is 0.496 e. The summed E-state index contributed by atoms with van der Waals surface area (Å²) in [7, 11) is 1.49. The average Bonchev–Trinajstić information content (AvgIpc) is 2.56. The Morgan fingerprint density at radius 1 is 1.32 bits per heavy atom. The molecular formula is C19H20FNO4. The van der Waals surface area contributed by atoms with Gasteiger partial charge < -0.3 is 19.9 Å². The molecule has 25 heavy (non-hydrogen) atoms. The van der Waals surface area contributed by atoms with Crippen LogP contribution in [0, 0.1) is 11.2 Å². The van der Waals surface area contributed by atoms with E-state index in [2.05, 4.69) is 0 Å². The fraction of sp³-hybridized carbons (Fsp3) is 0.316. The van der Waals surface area contributed by atoms with Crippen LogP contribution in [0.1, 0.15) is 25.5 Å². The molecule has 0 spiro atoms. The van der Waals surface area contributed by atoms with E-state index in [1.54, 1.807) is 30.3 Å². The van der Waals surface area contributed by atoms with Gasteiger partial charge in [0, 0.05) is 11.0 Å². The van der Waals surface area contributed by atoms with Gasteiger partial charge in [0.25, 0.3) is 0 Å². The third-order valence-corrected chi connectivity index (χ3v) is 4.32. The molecule has 0 fully saturated rings. The first kappa shape index (κ1) is 17.1. The van der Waals surface area contributed by atoms with E-state index >= 15 is 0 Å². The van der Waals surface area contributed by atoms with Gasteiger partial charge in [-0.25, -0.2) is 9.18 Å². The van der Waals surface area contributed by atoms with Crippen molar-refractivity contribution in [2.24, 2.45) is 11.1 Å². The fourth-order valence-corrected chi connectivity index (χ4v) is 3.09. The molecule has 2 aromatic carbocycles. The van der Waals surface area contributed by atoms with Gasteiger partial charge in [0.15, 0.2) is 0 Å². The number of carbonyl (C=O) groups excluding carboxylic acids is 1. The van der Waals surface area contributed by atoms with E-state index in [0.717, 1.165) is 0 Å². The summed E-state index contributed by atoms with van der Waals surface area (Å²) in [6.45, 7) is 4.20. The maximum atomic E-state index is 14.3. The number of hydrogen-bond donors (Lipinski definition) is 1. The lowest BCUT2D eigenvalue weighted by Crippen LogP contribution is -2.37. The molecule has 0 saturated carbocycles. The van der Waals surface area contributed by atoms with Gasteiger partial charge >= 0.3 is 6.09 Å². The number of hydrogen-bond acceptors (Lipinski definition) is 4. The quantitative estimate of drug-likeness (QED) is 0.911. The second-order valence-corrected chi connectivity index (χ2v) is 6.66. The summed E-state index contributed by atoms with van der Waals surface area (Å²) < 4.78 is 30.7. The second-order valence-electron chi connectivity index (χ2n) is 6.66. The Balaban J connectivity index is 2.08. The highest BCUT2D eigenvalue weighted by atomic mass is 19.1. The zero-order valence-corrected chi connectivity index (χ0v) is 14.3. The van der Waals surface area contributed by atoms with Gasteiger partial charge in [0.1, 0.15) is 23.4 Å². The summed E-state index contributed by atoms with van der Waals surface area (Å²) >= 11 is 0. The molecule has 1 aliphatic rings. The SMILES string of the molecule is COc1cccc(F)c1-c1ccc2c(c1)OCC(C)(C)C2OC(N)=O. The molecule has 2 aromatic rings. The van der Waals surface area contributed by atoms with Crippen LogP contribution in [0.3, 0.4) is 0 Å². The van der Waals surface area contributed by atoms with E-state index in [9.17, 15) is 9.18 Å². The minimum atomic E-state index is -0.842. The summed E-state index contributed by atoms with van der Waals surface area (Å²) in [4.78, 5) is 11.3. The van der Waals surface area contributed by atoms with Gasteiger partial charge in [-0.15, -0.1) is 0 Å². The number of nitrogens with two attached hydrogens (primary N) is 1. The first-order chi connectivity index (χ1) is 11.8. The predicted molar refractivity (Wildman–Crippen MR) is 91.1 cm³/mol. The lowest BCUT2D eigenvalue weighted by atomic mass is 9.80. The highest BCUT2D eigenvalue weighted by Crippen LogP contribution is 2.47. The standard InChI is InChI=1S/C19H20FNO4/c1-19(2)10-24-15-9-11(7-8-12(15)17(19)25-18(21)22)16-13(20)5-4-6-14(16)23-3/h4-9,17H,10H2,1-3H3,(H2,21,22). The lowest BCUT2D eigenvalue weighted by molar-refractivity contribution is -0.0176. The maximum Gasteiger partial charge on any atom is 0.405 e. The van der Waals surface area contributed by atoms with E-state index in [0.29, 0.717) is 34.8 Å². The molecular weight excluding hydrogens is 325 g/mol. The Labute approximate surface area is 145 Å². The van der Waals surface area contributed by atoms with Gasteiger partial charge in [0.05, 0.1) is 19.3 Å². The Bertz CT molecular complexity index is 819.